The summed E-state index contributed by atoms with van der Waals surface area (Å²) in [6.07, 6.45) is 3.70. The SMILES string of the molecule is C=CCc1cc(/C=C(\C#N)C(=O)NCc2ccc(OC)cc2OC)cc(OCC)c1OCc1ccccc1C#N. The highest BCUT2D eigenvalue weighted by Crippen LogP contribution is 2.35. The third-order valence-electron chi connectivity index (χ3n) is 5.94. The van der Waals surface area contributed by atoms with Crippen LogP contribution < -0.4 is 24.3 Å². The number of hydrogen-bond donors (Lipinski definition) is 1. The number of allylic oxidation sites excluding steroid dienone is 1. The van der Waals surface area contributed by atoms with Crippen molar-refractivity contribution in [3.8, 4) is 35.1 Å². The molecule has 8 heteroatoms. The molecule has 0 unspecified atom stereocenters. The van der Waals surface area contributed by atoms with Crippen molar-refractivity contribution in [3.63, 3.8) is 0 Å². The van der Waals surface area contributed by atoms with Crippen LogP contribution in [0.4, 0.5) is 0 Å². The first kappa shape index (κ1) is 29.3. The molecule has 3 aromatic rings. The summed E-state index contributed by atoms with van der Waals surface area (Å²) in [6, 6.07) is 20.2. The van der Waals surface area contributed by atoms with E-state index in [1.54, 1.807) is 49.6 Å². The Hall–Kier alpha value is -5.21. The first-order valence-corrected chi connectivity index (χ1v) is 12.6. The van der Waals surface area contributed by atoms with Crippen molar-refractivity contribution >= 4 is 12.0 Å². The minimum atomic E-state index is -0.531. The second kappa shape index (κ2) is 14.7. The molecule has 40 heavy (non-hydrogen) atoms. The summed E-state index contributed by atoms with van der Waals surface area (Å²) in [4.78, 5) is 12.9. The molecular formula is C32H31N3O5. The van der Waals surface area contributed by atoms with E-state index in [4.69, 9.17) is 18.9 Å². The minimum Gasteiger partial charge on any atom is -0.497 e. The van der Waals surface area contributed by atoms with Crippen LogP contribution in [0.25, 0.3) is 6.08 Å². The highest BCUT2D eigenvalue weighted by atomic mass is 16.5. The van der Waals surface area contributed by atoms with Crippen LogP contribution in [0.1, 0.15) is 34.7 Å². The molecule has 0 saturated heterocycles. The number of ether oxygens (including phenoxy) is 4. The maximum atomic E-state index is 12.9. The zero-order valence-electron chi connectivity index (χ0n) is 22.8. The highest BCUT2D eigenvalue weighted by molar-refractivity contribution is 6.01. The van der Waals surface area contributed by atoms with Gasteiger partial charge in [-0.05, 0) is 55.3 Å². The van der Waals surface area contributed by atoms with Crippen LogP contribution in [0.2, 0.25) is 0 Å². The molecule has 0 heterocycles. The van der Waals surface area contributed by atoms with Crippen molar-refractivity contribution in [3.05, 3.63) is 101 Å². The number of nitrogens with one attached hydrogen (secondary N) is 1. The summed E-state index contributed by atoms with van der Waals surface area (Å²) in [6.45, 7) is 6.40. The van der Waals surface area contributed by atoms with E-state index < -0.39 is 5.91 Å². The van der Waals surface area contributed by atoms with Gasteiger partial charge >= 0.3 is 0 Å². The Morgan fingerprint density at radius 3 is 2.45 bits per heavy atom. The summed E-state index contributed by atoms with van der Waals surface area (Å²) in [5, 5.41) is 22.0. The molecule has 0 spiro atoms. The lowest BCUT2D eigenvalue weighted by Gasteiger charge is -2.17. The Labute approximate surface area is 234 Å². The summed E-state index contributed by atoms with van der Waals surface area (Å²) < 4.78 is 22.6. The lowest BCUT2D eigenvalue weighted by atomic mass is 10.0. The molecule has 0 radical (unpaired) electrons. The van der Waals surface area contributed by atoms with E-state index in [1.165, 1.54) is 13.2 Å². The molecule has 204 valence electrons. The Bertz CT molecular complexity index is 1480. The average Bonchev–Trinajstić information content (AvgIpc) is 2.98. The van der Waals surface area contributed by atoms with E-state index in [0.717, 1.165) is 16.7 Å². The van der Waals surface area contributed by atoms with Gasteiger partial charge in [-0.1, -0.05) is 24.3 Å². The van der Waals surface area contributed by atoms with Gasteiger partial charge in [0.05, 0.1) is 32.5 Å². The van der Waals surface area contributed by atoms with Crippen LogP contribution in [0.5, 0.6) is 23.0 Å². The van der Waals surface area contributed by atoms with E-state index in [-0.39, 0.29) is 18.7 Å². The lowest BCUT2D eigenvalue weighted by molar-refractivity contribution is -0.117. The molecule has 0 aromatic heterocycles. The number of rotatable bonds is 13. The topological polar surface area (TPSA) is 114 Å². The number of methoxy groups -OCH3 is 2. The van der Waals surface area contributed by atoms with Gasteiger partial charge in [0, 0.05) is 29.3 Å². The van der Waals surface area contributed by atoms with Gasteiger partial charge in [0.25, 0.3) is 5.91 Å². The van der Waals surface area contributed by atoms with Gasteiger partial charge in [0.2, 0.25) is 0 Å². The van der Waals surface area contributed by atoms with Gasteiger partial charge in [0.1, 0.15) is 29.7 Å². The summed E-state index contributed by atoms with van der Waals surface area (Å²) >= 11 is 0. The number of hydrogen-bond acceptors (Lipinski definition) is 7. The molecule has 0 fully saturated rings. The summed E-state index contributed by atoms with van der Waals surface area (Å²) in [5.74, 6) is 1.64. The fourth-order valence-electron chi connectivity index (χ4n) is 3.99. The van der Waals surface area contributed by atoms with Gasteiger partial charge in [-0.2, -0.15) is 10.5 Å². The molecule has 0 atom stereocenters. The predicted molar refractivity (Wildman–Crippen MR) is 152 cm³/mol. The fraction of sp³-hybridized carbons (Fsp3) is 0.219. The molecule has 0 aliphatic heterocycles. The highest BCUT2D eigenvalue weighted by Gasteiger charge is 2.16. The number of benzene rings is 3. The van der Waals surface area contributed by atoms with Gasteiger partial charge in [-0.15, -0.1) is 6.58 Å². The Kier molecular flexibility index (Phi) is 10.8. The van der Waals surface area contributed by atoms with Gasteiger partial charge in [0.15, 0.2) is 11.5 Å². The molecule has 0 bridgehead atoms. The maximum Gasteiger partial charge on any atom is 0.262 e. The van der Waals surface area contributed by atoms with E-state index >= 15 is 0 Å². The number of amides is 1. The van der Waals surface area contributed by atoms with E-state index in [0.29, 0.717) is 47.2 Å². The monoisotopic (exact) mass is 537 g/mol. The molecule has 0 aliphatic carbocycles. The molecule has 3 aromatic carbocycles. The van der Waals surface area contributed by atoms with Crippen molar-refractivity contribution in [2.45, 2.75) is 26.5 Å². The van der Waals surface area contributed by atoms with Crippen LogP contribution in [0.15, 0.2) is 72.8 Å². The smallest absolute Gasteiger partial charge is 0.262 e. The third kappa shape index (κ3) is 7.43. The number of carbonyl (C=O) groups excluding carboxylic acids is 1. The summed E-state index contributed by atoms with van der Waals surface area (Å²) in [7, 11) is 3.09. The molecular weight excluding hydrogens is 506 g/mol. The molecule has 8 nitrogen and oxygen atoms in total. The minimum absolute atomic E-state index is 0.0731. The Morgan fingerprint density at radius 1 is 0.975 bits per heavy atom. The summed E-state index contributed by atoms with van der Waals surface area (Å²) in [5.41, 5.74) is 3.30. The standard InChI is InChI=1S/C32H31N3O5/c1-5-9-23-14-22(16-30(39-6-2)31(23)40-21-26-11-8-7-10-24(26)18-33)15-27(19-34)32(36)35-20-25-12-13-28(37-3)17-29(25)38-4/h5,7-8,10-17H,1,6,9,20-21H2,2-4H3,(H,35,36)/b27-15+. The predicted octanol–water partition coefficient (Wildman–Crippen LogP) is 5.51. The maximum absolute atomic E-state index is 12.9. The first-order valence-electron chi connectivity index (χ1n) is 12.6. The van der Waals surface area contributed by atoms with Crippen molar-refractivity contribution < 1.29 is 23.7 Å². The van der Waals surface area contributed by atoms with E-state index in [1.807, 2.05) is 31.2 Å². The average molecular weight is 538 g/mol. The van der Waals surface area contributed by atoms with E-state index in [2.05, 4.69) is 18.0 Å². The molecule has 3 rings (SSSR count). The zero-order chi connectivity index (χ0) is 28.9. The van der Waals surface area contributed by atoms with Crippen molar-refractivity contribution in [2.24, 2.45) is 0 Å². The molecule has 0 saturated carbocycles. The van der Waals surface area contributed by atoms with Crippen LogP contribution in [0.3, 0.4) is 0 Å². The van der Waals surface area contributed by atoms with Crippen molar-refractivity contribution in [1.82, 2.24) is 5.32 Å². The van der Waals surface area contributed by atoms with Crippen LogP contribution in [0, 0.1) is 22.7 Å². The van der Waals surface area contributed by atoms with Gasteiger partial charge < -0.3 is 24.3 Å². The van der Waals surface area contributed by atoms with Crippen LogP contribution >= 0.6 is 0 Å². The second-order valence-electron chi connectivity index (χ2n) is 8.52. The number of nitriles is 2. The normalized spacial score (nSPS) is 10.6. The van der Waals surface area contributed by atoms with E-state index in [9.17, 15) is 15.3 Å². The quantitative estimate of drug-likeness (QED) is 0.174. The van der Waals surface area contributed by atoms with Crippen LogP contribution in [-0.4, -0.2) is 26.7 Å². The Morgan fingerprint density at radius 2 is 1.77 bits per heavy atom. The fourth-order valence-corrected chi connectivity index (χ4v) is 3.99. The Balaban J connectivity index is 1.88. The van der Waals surface area contributed by atoms with Gasteiger partial charge in [-0.3, -0.25) is 4.79 Å². The third-order valence-corrected chi connectivity index (χ3v) is 5.94. The van der Waals surface area contributed by atoms with Crippen molar-refractivity contribution in [2.75, 3.05) is 20.8 Å². The largest absolute Gasteiger partial charge is 0.497 e. The van der Waals surface area contributed by atoms with Crippen LogP contribution in [-0.2, 0) is 24.4 Å². The molecule has 1 amide bonds. The molecule has 0 aliphatic rings. The zero-order valence-corrected chi connectivity index (χ0v) is 22.8. The number of carbonyl (C=O) groups is 1. The molecule has 1 N–H and O–H groups in total. The second-order valence-corrected chi connectivity index (χ2v) is 8.52. The van der Waals surface area contributed by atoms with Crippen molar-refractivity contribution in [1.29, 1.82) is 10.5 Å². The first-order chi connectivity index (χ1) is 19.5. The van der Waals surface area contributed by atoms with Gasteiger partial charge in [-0.25, -0.2) is 0 Å². The lowest BCUT2D eigenvalue weighted by Crippen LogP contribution is -2.24. The number of nitrogens with zero attached hydrogens (tertiary/aromatic N) is 2.